The average molecular weight is 370 g/mol. The first kappa shape index (κ1) is 18.2. The molecule has 0 N–H and O–H groups in total. The highest BCUT2D eigenvalue weighted by Crippen LogP contribution is 2.27. The van der Waals surface area contributed by atoms with E-state index in [0.29, 0.717) is 28.6 Å². The normalized spacial score (nSPS) is 10.3. The van der Waals surface area contributed by atoms with Crippen LogP contribution in [-0.4, -0.2) is 37.4 Å². The van der Waals surface area contributed by atoms with Crippen LogP contribution in [0.25, 0.3) is 11.4 Å². The topological polar surface area (TPSA) is 92.9 Å². The van der Waals surface area contributed by atoms with E-state index in [1.54, 1.807) is 31.4 Å². The fraction of sp³-hybridized carbons (Fsp3) is 0.211. The van der Waals surface area contributed by atoms with Crippen LogP contribution in [0, 0.1) is 0 Å². The molecule has 0 atom stereocenters. The first-order chi connectivity index (χ1) is 13.1. The second kappa shape index (κ2) is 8.22. The van der Waals surface area contributed by atoms with E-state index in [-0.39, 0.29) is 18.1 Å². The van der Waals surface area contributed by atoms with Gasteiger partial charge in [0, 0.05) is 6.07 Å². The van der Waals surface area contributed by atoms with Gasteiger partial charge in [-0.05, 0) is 24.3 Å². The molecule has 0 amide bonds. The Morgan fingerprint density at radius 2 is 1.70 bits per heavy atom. The molecule has 0 aliphatic carbocycles. The van der Waals surface area contributed by atoms with Gasteiger partial charge in [0.1, 0.15) is 17.2 Å². The summed E-state index contributed by atoms with van der Waals surface area (Å²) in [6.07, 6.45) is 0. The summed E-state index contributed by atoms with van der Waals surface area (Å²) >= 11 is 0. The van der Waals surface area contributed by atoms with E-state index >= 15 is 0 Å². The molecule has 0 bridgehead atoms. The number of benzene rings is 2. The zero-order chi connectivity index (χ0) is 19.2. The molecule has 0 saturated heterocycles. The number of nitrogens with zero attached hydrogens (tertiary/aromatic N) is 2. The highest BCUT2D eigenvalue weighted by Gasteiger charge is 2.16. The first-order valence-corrected chi connectivity index (χ1v) is 8.00. The van der Waals surface area contributed by atoms with Crippen LogP contribution >= 0.6 is 0 Å². The Morgan fingerprint density at radius 1 is 1.00 bits per heavy atom. The molecule has 2 aromatic carbocycles. The maximum Gasteiger partial charge on any atom is 0.338 e. The van der Waals surface area contributed by atoms with Crippen LogP contribution < -0.4 is 14.2 Å². The third-order valence-corrected chi connectivity index (χ3v) is 3.73. The van der Waals surface area contributed by atoms with Crippen molar-refractivity contribution in [1.82, 2.24) is 10.1 Å². The van der Waals surface area contributed by atoms with Crippen molar-refractivity contribution in [2.45, 2.75) is 6.61 Å². The van der Waals surface area contributed by atoms with Crippen LogP contribution in [0.3, 0.4) is 0 Å². The van der Waals surface area contributed by atoms with E-state index < -0.39 is 5.97 Å². The van der Waals surface area contributed by atoms with Crippen molar-refractivity contribution in [3.63, 3.8) is 0 Å². The van der Waals surface area contributed by atoms with Gasteiger partial charge in [0.2, 0.25) is 5.82 Å². The highest BCUT2D eigenvalue weighted by molar-refractivity contribution is 5.90. The summed E-state index contributed by atoms with van der Waals surface area (Å²) in [4.78, 5) is 16.5. The molecule has 0 unspecified atom stereocenters. The third-order valence-electron chi connectivity index (χ3n) is 3.73. The number of hydrogen-bond donors (Lipinski definition) is 0. The van der Waals surface area contributed by atoms with Crippen molar-refractivity contribution in [1.29, 1.82) is 0 Å². The Kier molecular flexibility index (Phi) is 5.55. The van der Waals surface area contributed by atoms with Crippen LogP contribution in [0.5, 0.6) is 17.2 Å². The number of ether oxygens (including phenoxy) is 4. The molecule has 1 aromatic heterocycles. The fourth-order valence-corrected chi connectivity index (χ4v) is 2.39. The maximum absolute atomic E-state index is 12.3. The molecular formula is C19H18N2O6. The van der Waals surface area contributed by atoms with E-state index in [1.165, 1.54) is 14.2 Å². The molecule has 27 heavy (non-hydrogen) atoms. The number of hydrogen-bond acceptors (Lipinski definition) is 8. The molecule has 0 fully saturated rings. The lowest BCUT2D eigenvalue weighted by Crippen LogP contribution is -2.06. The number of carbonyl (C=O) groups excluding carboxylic acids is 1. The Hall–Kier alpha value is -3.55. The summed E-state index contributed by atoms with van der Waals surface area (Å²) in [7, 11) is 4.56. The lowest BCUT2D eigenvalue weighted by Gasteiger charge is -2.07. The lowest BCUT2D eigenvalue weighted by atomic mass is 10.2. The fourth-order valence-electron chi connectivity index (χ4n) is 2.39. The SMILES string of the molecule is COc1cc(OC)cc(C(=O)OCc2nc(-c3ccccc3OC)no2)c1. The number of aromatic nitrogens is 2. The number of carbonyl (C=O) groups is 1. The number of esters is 1. The van der Waals surface area contributed by atoms with Crippen LogP contribution in [-0.2, 0) is 11.3 Å². The van der Waals surface area contributed by atoms with Gasteiger partial charge in [0.15, 0.2) is 6.61 Å². The molecular weight excluding hydrogens is 352 g/mol. The minimum atomic E-state index is -0.566. The summed E-state index contributed by atoms with van der Waals surface area (Å²) < 4.78 is 26.0. The van der Waals surface area contributed by atoms with Crippen LogP contribution in [0.1, 0.15) is 16.2 Å². The van der Waals surface area contributed by atoms with E-state index in [1.807, 2.05) is 18.2 Å². The molecule has 0 aliphatic heterocycles. The molecule has 1 heterocycles. The zero-order valence-corrected chi connectivity index (χ0v) is 15.1. The van der Waals surface area contributed by atoms with Crippen molar-refractivity contribution in [2.24, 2.45) is 0 Å². The smallest absolute Gasteiger partial charge is 0.338 e. The van der Waals surface area contributed by atoms with Gasteiger partial charge in [-0.3, -0.25) is 0 Å². The van der Waals surface area contributed by atoms with Crippen molar-refractivity contribution >= 4 is 5.97 Å². The molecule has 3 rings (SSSR count). The van der Waals surface area contributed by atoms with E-state index in [9.17, 15) is 4.79 Å². The molecule has 0 radical (unpaired) electrons. The summed E-state index contributed by atoms with van der Waals surface area (Å²) in [6, 6.07) is 12.0. The van der Waals surface area contributed by atoms with Gasteiger partial charge >= 0.3 is 5.97 Å². The minimum Gasteiger partial charge on any atom is -0.497 e. The van der Waals surface area contributed by atoms with Gasteiger partial charge in [-0.25, -0.2) is 4.79 Å². The van der Waals surface area contributed by atoms with Gasteiger partial charge in [-0.15, -0.1) is 0 Å². The standard InChI is InChI=1S/C19H18N2O6/c1-23-13-8-12(9-14(10-13)24-2)19(22)26-11-17-20-18(21-27-17)15-6-4-5-7-16(15)25-3/h4-10H,11H2,1-3H3. The quantitative estimate of drug-likeness (QED) is 0.586. The Bertz CT molecular complexity index is 915. The lowest BCUT2D eigenvalue weighted by molar-refractivity contribution is 0.0429. The van der Waals surface area contributed by atoms with Crippen molar-refractivity contribution in [3.05, 3.63) is 53.9 Å². The van der Waals surface area contributed by atoms with E-state index in [2.05, 4.69) is 10.1 Å². The second-order valence-electron chi connectivity index (χ2n) is 5.39. The Morgan fingerprint density at radius 3 is 2.37 bits per heavy atom. The molecule has 8 nitrogen and oxygen atoms in total. The Labute approximate surface area is 155 Å². The summed E-state index contributed by atoms with van der Waals surface area (Å²) in [5.41, 5.74) is 0.967. The molecule has 3 aromatic rings. The summed E-state index contributed by atoms with van der Waals surface area (Å²) in [5.74, 6) is 1.53. The van der Waals surface area contributed by atoms with Crippen molar-refractivity contribution in [3.8, 4) is 28.6 Å². The summed E-state index contributed by atoms with van der Waals surface area (Å²) in [5, 5.41) is 3.90. The molecule has 0 spiro atoms. The largest absolute Gasteiger partial charge is 0.497 e. The van der Waals surface area contributed by atoms with Crippen molar-refractivity contribution in [2.75, 3.05) is 21.3 Å². The van der Waals surface area contributed by atoms with E-state index in [0.717, 1.165) is 0 Å². The average Bonchev–Trinajstić information content (AvgIpc) is 3.20. The van der Waals surface area contributed by atoms with Crippen LogP contribution in [0.15, 0.2) is 47.0 Å². The van der Waals surface area contributed by atoms with Crippen LogP contribution in [0.4, 0.5) is 0 Å². The molecule has 0 aliphatic rings. The third kappa shape index (κ3) is 4.17. The molecule has 0 saturated carbocycles. The zero-order valence-electron chi connectivity index (χ0n) is 15.1. The predicted molar refractivity (Wildman–Crippen MR) is 95.0 cm³/mol. The van der Waals surface area contributed by atoms with Gasteiger partial charge in [0.05, 0.1) is 32.5 Å². The number of para-hydroxylation sites is 1. The van der Waals surface area contributed by atoms with Crippen molar-refractivity contribution < 1.29 is 28.3 Å². The van der Waals surface area contributed by atoms with E-state index in [4.69, 9.17) is 23.5 Å². The van der Waals surface area contributed by atoms with Gasteiger partial charge in [-0.2, -0.15) is 4.98 Å². The predicted octanol–water partition coefficient (Wildman–Crippen LogP) is 3.12. The summed E-state index contributed by atoms with van der Waals surface area (Å²) in [6.45, 7) is -0.166. The monoisotopic (exact) mass is 370 g/mol. The second-order valence-corrected chi connectivity index (χ2v) is 5.39. The van der Waals surface area contributed by atoms with Gasteiger partial charge in [0.25, 0.3) is 5.89 Å². The molecule has 8 heteroatoms. The van der Waals surface area contributed by atoms with Gasteiger partial charge < -0.3 is 23.5 Å². The number of methoxy groups -OCH3 is 3. The van der Waals surface area contributed by atoms with Crippen LogP contribution in [0.2, 0.25) is 0 Å². The maximum atomic E-state index is 12.3. The molecule has 140 valence electrons. The first-order valence-electron chi connectivity index (χ1n) is 8.00. The van der Waals surface area contributed by atoms with Gasteiger partial charge in [-0.1, -0.05) is 17.3 Å². The Balaban J connectivity index is 1.71. The number of rotatable bonds is 7. The minimum absolute atomic E-state index is 0.166. The highest BCUT2D eigenvalue weighted by atomic mass is 16.6.